The van der Waals surface area contributed by atoms with Crippen LogP contribution in [0.2, 0.25) is 0 Å². The minimum Gasteiger partial charge on any atom is -0.496 e. The van der Waals surface area contributed by atoms with Gasteiger partial charge >= 0.3 is 0 Å². The molecule has 3 rings (SSSR count). The second-order valence-corrected chi connectivity index (χ2v) is 7.43. The van der Waals surface area contributed by atoms with Gasteiger partial charge in [-0.1, -0.05) is 18.2 Å². The van der Waals surface area contributed by atoms with Crippen molar-refractivity contribution in [3.05, 3.63) is 53.0 Å². The smallest absolute Gasteiger partial charge is 0.234 e. The number of anilines is 1. The summed E-state index contributed by atoms with van der Waals surface area (Å²) in [7, 11) is 1.62. The van der Waals surface area contributed by atoms with E-state index in [0.29, 0.717) is 5.75 Å². The summed E-state index contributed by atoms with van der Waals surface area (Å²) in [5.41, 5.74) is 1.88. The van der Waals surface area contributed by atoms with Crippen molar-refractivity contribution in [2.45, 2.75) is 26.2 Å². The highest BCUT2D eigenvalue weighted by Crippen LogP contribution is 2.33. The molecule has 3 aromatic rings. The number of aromatic nitrogens is 1. The first-order chi connectivity index (χ1) is 11.4. The highest BCUT2D eigenvalue weighted by Gasteiger charge is 2.32. The van der Waals surface area contributed by atoms with E-state index < -0.39 is 5.41 Å². The molecular weight excluding hydrogens is 320 g/mol. The predicted molar refractivity (Wildman–Crippen MR) is 99.0 cm³/mol. The SMILES string of the molecule is COc1ccccc1C(C)(C)C(=O)Nc1ccc2nc(C)sc2c1. The van der Waals surface area contributed by atoms with Gasteiger partial charge in [-0.2, -0.15) is 0 Å². The van der Waals surface area contributed by atoms with Crippen LogP contribution in [0.5, 0.6) is 5.75 Å². The summed E-state index contributed by atoms with van der Waals surface area (Å²) >= 11 is 1.62. The van der Waals surface area contributed by atoms with Gasteiger partial charge in [-0.15, -0.1) is 11.3 Å². The summed E-state index contributed by atoms with van der Waals surface area (Å²) in [6.07, 6.45) is 0. The lowest BCUT2D eigenvalue weighted by Gasteiger charge is -2.26. The van der Waals surface area contributed by atoms with Crippen LogP contribution < -0.4 is 10.1 Å². The van der Waals surface area contributed by atoms with Crippen molar-refractivity contribution in [2.75, 3.05) is 12.4 Å². The number of rotatable bonds is 4. The van der Waals surface area contributed by atoms with Crippen LogP contribution in [-0.2, 0) is 10.2 Å². The quantitative estimate of drug-likeness (QED) is 0.759. The van der Waals surface area contributed by atoms with Crippen molar-refractivity contribution < 1.29 is 9.53 Å². The third kappa shape index (κ3) is 2.99. The highest BCUT2D eigenvalue weighted by atomic mass is 32.1. The molecule has 24 heavy (non-hydrogen) atoms. The van der Waals surface area contributed by atoms with Crippen LogP contribution in [0.3, 0.4) is 0 Å². The Labute approximate surface area is 145 Å². The maximum atomic E-state index is 12.9. The van der Waals surface area contributed by atoms with E-state index >= 15 is 0 Å². The van der Waals surface area contributed by atoms with Crippen LogP contribution in [0.15, 0.2) is 42.5 Å². The van der Waals surface area contributed by atoms with E-state index in [0.717, 1.165) is 26.5 Å². The summed E-state index contributed by atoms with van der Waals surface area (Å²) < 4.78 is 6.48. The highest BCUT2D eigenvalue weighted by molar-refractivity contribution is 7.18. The molecule has 0 aliphatic carbocycles. The van der Waals surface area contributed by atoms with Crippen molar-refractivity contribution in [3.8, 4) is 5.75 Å². The molecule has 1 heterocycles. The number of amides is 1. The number of aryl methyl sites for hydroxylation is 1. The zero-order valence-corrected chi connectivity index (χ0v) is 15.0. The summed E-state index contributed by atoms with van der Waals surface area (Å²) in [5, 5.41) is 4.03. The lowest BCUT2D eigenvalue weighted by Crippen LogP contribution is -2.35. The Morgan fingerprint density at radius 3 is 2.71 bits per heavy atom. The fourth-order valence-electron chi connectivity index (χ4n) is 2.69. The number of para-hydroxylation sites is 1. The normalized spacial score (nSPS) is 11.5. The van der Waals surface area contributed by atoms with Gasteiger partial charge in [0.05, 0.1) is 27.7 Å². The zero-order chi connectivity index (χ0) is 17.3. The molecule has 0 atom stereocenters. The largest absolute Gasteiger partial charge is 0.496 e. The number of carbonyl (C=O) groups is 1. The van der Waals surface area contributed by atoms with Crippen LogP contribution in [0.25, 0.3) is 10.2 Å². The van der Waals surface area contributed by atoms with Gasteiger partial charge < -0.3 is 10.1 Å². The Bertz CT molecular complexity index is 899. The fourth-order valence-corrected chi connectivity index (χ4v) is 3.55. The van der Waals surface area contributed by atoms with Crippen molar-refractivity contribution in [1.82, 2.24) is 4.98 Å². The Balaban J connectivity index is 1.89. The average molecular weight is 340 g/mol. The molecule has 0 aliphatic heterocycles. The molecule has 0 saturated heterocycles. The molecule has 0 saturated carbocycles. The number of hydrogen-bond donors (Lipinski definition) is 1. The van der Waals surface area contributed by atoms with E-state index in [2.05, 4.69) is 10.3 Å². The number of fused-ring (bicyclic) bond motifs is 1. The van der Waals surface area contributed by atoms with Crippen molar-refractivity contribution in [1.29, 1.82) is 0 Å². The first kappa shape index (κ1) is 16.5. The average Bonchev–Trinajstić information content (AvgIpc) is 2.94. The summed E-state index contributed by atoms with van der Waals surface area (Å²) in [4.78, 5) is 17.3. The standard InChI is InChI=1S/C19H20N2O2S/c1-12-20-15-10-9-13(11-17(15)24-12)21-18(22)19(2,3)14-7-5-6-8-16(14)23-4/h5-11H,1-4H3,(H,21,22). The van der Waals surface area contributed by atoms with E-state index in [4.69, 9.17) is 4.74 Å². The van der Waals surface area contributed by atoms with E-state index in [9.17, 15) is 4.79 Å². The fraction of sp³-hybridized carbons (Fsp3) is 0.263. The number of hydrogen-bond acceptors (Lipinski definition) is 4. The maximum Gasteiger partial charge on any atom is 0.234 e. The van der Waals surface area contributed by atoms with E-state index in [1.54, 1.807) is 18.4 Å². The van der Waals surface area contributed by atoms with Gasteiger partial charge in [0.1, 0.15) is 5.75 Å². The molecule has 5 heteroatoms. The summed E-state index contributed by atoms with van der Waals surface area (Å²) in [6, 6.07) is 13.4. The second-order valence-electron chi connectivity index (χ2n) is 6.19. The van der Waals surface area contributed by atoms with E-state index in [-0.39, 0.29) is 5.91 Å². The molecule has 0 aliphatic rings. The molecule has 4 nitrogen and oxygen atoms in total. The molecular formula is C19H20N2O2S. The van der Waals surface area contributed by atoms with Crippen LogP contribution >= 0.6 is 11.3 Å². The van der Waals surface area contributed by atoms with Gasteiger partial charge in [0.2, 0.25) is 5.91 Å². The molecule has 1 amide bonds. The van der Waals surface area contributed by atoms with Crippen molar-refractivity contribution in [2.24, 2.45) is 0 Å². The number of benzene rings is 2. The van der Waals surface area contributed by atoms with Crippen LogP contribution in [-0.4, -0.2) is 18.0 Å². The van der Waals surface area contributed by atoms with Crippen LogP contribution in [0.1, 0.15) is 24.4 Å². The molecule has 0 bridgehead atoms. The minimum absolute atomic E-state index is 0.0763. The number of nitrogens with zero attached hydrogens (tertiary/aromatic N) is 1. The molecule has 1 aromatic heterocycles. The lowest BCUT2D eigenvalue weighted by molar-refractivity contribution is -0.120. The first-order valence-corrected chi connectivity index (χ1v) is 8.55. The first-order valence-electron chi connectivity index (χ1n) is 7.74. The second kappa shape index (κ2) is 6.24. The van der Waals surface area contributed by atoms with Crippen molar-refractivity contribution in [3.63, 3.8) is 0 Å². The monoisotopic (exact) mass is 340 g/mol. The van der Waals surface area contributed by atoms with Crippen molar-refractivity contribution >= 4 is 33.1 Å². The third-order valence-corrected chi connectivity index (χ3v) is 5.03. The van der Waals surface area contributed by atoms with Gasteiger partial charge in [0, 0.05) is 11.3 Å². The maximum absolute atomic E-state index is 12.9. The minimum atomic E-state index is -0.717. The topological polar surface area (TPSA) is 51.2 Å². The lowest BCUT2D eigenvalue weighted by atomic mass is 9.83. The van der Waals surface area contributed by atoms with Gasteiger partial charge in [0.15, 0.2) is 0 Å². The third-order valence-electron chi connectivity index (χ3n) is 4.10. The van der Waals surface area contributed by atoms with E-state index in [1.807, 2.05) is 63.2 Å². The molecule has 0 spiro atoms. The molecule has 0 radical (unpaired) electrons. The molecule has 2 aromatic carbocycles. The predicted octanol–water partition coefficient (Wildman–Crippen LogP) is 4.53. The number of thiazole rings is 1. The molecule has 0 fully saturated rings. The molecule has 0 unspecified atom stereocenters. The zero-order valence-electron chi connectivity index (χ0n) is 14.2. The number of carbonyl (C=O) groups excluding carboxylic acids is 1. The molecule has 124 valence electrons. The van der Waals surface area contributed by atoms with E-state index in [1.165, 1.54) is 0 Å². The van der Waals surface area contributed by atoms with Crippen LogP contribution in [0.4, 0.5) is 5.69 Å². The van der Waals surface area contributed by atoms with Gasteiger partial charge in [-0.05, 0) is 45.0 Å². The number of ether oxygens (including phenoxy) is 1. The summed E-state index contributed by atoms with van der Waals surface area (Å²) in [6.45, 7) is 5.78. The Morgan fingerprint density at radius 1 is 1.21 bits per heavy atom. The Morgan fingerprint density at radius 2 is 1.96 bits per heavy atom. The summed E-state index contributed by atoms with van der Waals surface area (Å²) in [5.74, 6) is 0.638. The Kier molecular flexibility index (Phi) is 4.28. The number of nitrogens with one attached hydrogen (secondary N) is 1. The number of methoxy groups -OCH3 is 1. The van der Waals surface area contributed by atoms with Crippen LogP contribution in [0, 0.1) is 6.92 Å². The Hall–Kier alpha value is -2.40. The van der Waals surface area contributed by atoms with Gasteiger partial charge in [-0.3, -0.25) is 4.79 Å². The van der Waals surface area contributed by atoms with Gasteiger partial charge in [-0.25, -0.2) is 4.98 Å². The molecule has 1 N–H and O–H groups in total. The van der Waals surface area contributed by atoms with Gasteiger partial charge in [0.25, 0.3) is 0 Å².